The molecule has 0 fully saturated rings. The van der Waals surface area contributed by atoms with Crippen molar-refractivity contribution in [1.82, 2.24) is 30.3 Å². The summed E-state index contributed by atoms with van der Waals surface area (Å²) in [6, 6.07) is 12.9. The van der Waals surface area contributed by atoms with E-state index in [1.165, 1.54) is 23.9 Å². The average molecular weight is 515 g/mol. The van der Waals surface area contributed by atoms with Gasteiger partial charge in [-0.1, -0.05) is 24.3 Å². The maximum atomic E-state index is 13.6. The lowest BCUT2D eigenvalue weighted by Crippen LogP contribution is -2.23. The second kappa shape index (κ2) is 10.0. The normalized spacial score (nSPS) is 11.0. The highest BCUT2D eigenvalue weighted by molar-refractivity contribution is 6.05. The number of nitrogens with two attached hydrogens (primary N) is 2. The van der Waals surface area contributed by atoms with Crippen LogP contribution in [0, 0.1) is 5.82 Å². The molecule has 0 aliphatic carbocycles. The highest BCUT2D eigenvalue weighted by atomic mass is 19.1. The van der Waals surface area contributed by atoms with Crippen molar-refractivity contribution in [3.8, 4) is 28.3 Å². The fraction of sp³-hybridized carbons (Fsp3) is 0.115. The van der Waals surface area contributed by atoms with Gasteiger partial charge >= 0.3 is 0 Å². The lowest BCUT2D eigenvalue weighted by atomic mass is 10.0. The zero-order chi connectivity index (χ0) is 26.8. The lowest BCUT2D eigenvalue weighted by molar-refractivity contribution is -0.118. The second-order valence-corrected chi connectivity index (χ2v) is 8.47. The Balaban J connectivity index is 1.38. The molecule has 2 aromatic carbocycles. The predicted molar refractivity (Wildman–Crippen MR) is 138 cm³/mol. The van der Waals surface area contributed by atoms with Gasteiger partial charge in [-0.05, 0) is 29.8 Å². The number of fused-ring (bicyclic) bond motifs is 1. The minimum Gasteiger partial charge on any atom is -0.496 e. The van der Waals surface area contributed by atoms with Gasteiger partial charge in [-0.3, -0.25) is 24.4 Å². The van der Waals surface area contributed by atoms with Gasteiger partial charge in [-0.15, -0.1) is 0 Å². The number of pyridine rings is 1. The van der Waals surface area contributed by atoms with E-state index in [4.69, 9.17) is 16.2 Å². The van der Waals surface area contributed by atoms with Crippen molar-refractivity contribution in [2.24, 2.45) is 5.73 Å². The van der Waals surface area contributed by atoms with Crippen molar-refractivity contribution in [2.75, 3.05) is 12.8 Å². The first kappa shape index (κ1) is 24.4. The highest BCUT2D eigenvalue weighted by Gasteiger charge is 2.18. The van der Waals surface area contributed by atoms with Crippen molar-refractivity contribution in [1.29, 1.82) is 0 Å². The summed E-state index contributed by atoms with van der Waals surface area (Å²) in [6.45, 7) is 0.185. The minimum absolute atomic E-state index is 0.0393. The summed E-state index contributed by atoms with van der Waals surface area (Å²) in [5, 5.41) is 14.9. The fourth-order valence-electron chi connectivity index (χ4n) is 4.13. The van der Waals surface area contributed by atoms with Crippen LogP contribution in [0.15, 0.2) is 60.9 Å². The summed E-state index contributed by atoms with van der Waals surface area (Å²) < 4.78 is 20.2. The maximum Gasteiger partial charge on any atom is 0.255 e. The standard InChI is InChI=1S/C26H23FN8O3/c1-38-20-7-6-16(27)10-17(20)26(37)31-11-14-2-4-15(5-3-14)23-22-24(32-33-25(22)29)18(12-30-23)19-8-9-35(34-19)13-21(28)36/h2-10,12H,11,13H2,1H3,(H2,28,36)(H,31,37)(H3,29,32,33). The van der Waals surface area contributed by atoms with Crippen LogP contribution < -0.4 is 21.5 Å². The number of halogens is 1. The molecule has 5 aromatic rings. The molecule has 0 aliphatic heterocycles. The molecule has 0 radical (unpaired) electrons. The molecule has 3 heterocycles. The number of H-pyrrole nitrogens is 1. The number of nitrogens with zero attached hydrogens (tertiary/aromatic N) is 4. The molecule has 0 bridgehead atoms. The number of ether oxygens (including phenoxy) is 1. The quantitative estimate of drug-likeness (QED) is 0.247. The third-order valence-corrected chi connectivity index (χ3v) is 5.94. The summed E-state index contributed by atoms with van der Waals surface area (Å²) in [7, 11) is 1.42. The number of carbonyl (C=O) groups is 2. The number of nitrogens with one attached hydrogen (secondary N) is 2. The lowest BCUT2D eigenvalue weighted by Gasteiger charge is -2.10. The number of nitrogen functional groups attached to an aromatic ring is 1. The first-order valence-corrected chi connectivity index (χ1v) is 11.5. The number of methoxy groups -OCH3 is 1. The fourth-order valence-corrected chi connectivity index (χ4v) is 4.13. The Morgan fingerprint density at radius 1 is 1.16 bits per heavy atom. The molecule has 0 aliphatic rings. The van der Waals surface area contributed by atoms with Crippen molar-refractivity contribution < 1.29 is 18.7 Å². The van der Waals surface area contributed by atoms with Gasteiger partial charge in [-0.2, -0.15) is 10.2 Å². The van der Waals surface area contributed by atoms with Crippen LogP contribution in [-0.4, -0.2) is 43.9 Å². The van der Waals surface area contributed by atoms with Crippen molar-refractivity contribution in [3.05, 3.63) is 77.9 Å². The number of hydrogen-bond donors (Lipinski definition) is 4. The molecule has 3 aromatic heterocycles. The van der Waals surface area contributed by atoms with E-state index >= 15 is 0 Å². The molecular formula is C26H23FN8O3. The molecule has 38 heavy (non-hydrogen) atoms. The van der Waals surface area contributed by atoms with Gasteiger partial charge in [-0.25, -0.2) is 4.39 Å². The number of rotatable bonds is 8. The number of anilines is 1. The van der Waals surface area contributed by atoms with Crippen LogP contribution in [0.1, 0.15) is 15.9 Å². The van der Waals surface area contributed by atoms with E-state index in [0.29, 0.717) is 27.9 Å². The van der Waals surface area contributed by atoms with Crippen LogP contribution >= 0.6 is 0 Å². The summed E-state index contributed by atoms with van der Waals surface area (Å²) in [5.41, 5.74) is 15.7. The zero-order valence-corrected chi connectivity index (χ0v) is 20.2. The van der Waals surface area contributed by atoms with Gasteiger partial charge in [0, 0.05) is 30.1 Å². The molecule has 0 spiro atoms. The summed E-state index contributed by atoms with van der Waals surface area (Å²) in [4.78, 5) is 28.4. The maximum absolute atomic E-state index is 13.6. The Hall–Kier alpha value is -5.26. The van der Waals surface area contributed by atoms with E-state index in [1.807, 2.05) is 24.3 Å². The Bertz CT molecular complexity index is 1660. The summed E-state index contributed by atoms with van der Waals surface area (Å²) >= 11 is 0. The van der Waals surface area contributed by atoms with Gasteiger partial charge in [0.25, 0.3) is 5.91 Å². The van der Waals surface area contributed by atoms with Gasteiger partial charge in [0.2, 0.25) is 5.91 Å². The number of hydrogen-bond acceptors (Lipinski definition) is 7. The molecule has 5 rings (SSSR count). The Kier molecular flexibility index (Phi) is 6.44. The van der Waals surface area contributed by atoms with Crippen molar-refractivity contribution >= 4 is 28.5 Å². The number of aromatic amines is 1. The third kappa shape index (κ3) is 4.74. The van der Waals surface area contributed by atoms with E-state index in [-0.39, 0.29) is 30.2 Å². The highest BCUT2D eigenvalue weighted by Crippen LogP contribution is 2.35. The Morgan fingerprint density at radius 3 is 2.68 bits per heavy atom. The van der Waals surface area contributed by atoms with Crippen molar-refractivity contribution in [2.45, 2.75) is 13.1 Å². The summed E-state index contributed by atoms with van der Waals surface area (Å²) in [6.07, 6.45) is 3.31. The Morgan fingerprint density at radius 2 is 1.95 bits per heavy atom. The molecule has 0 atom stereocenters. The monoisotopic (exact) mass is 514 g/mol. The molecular weight excluding hydrogens is 491 g/mol. The van der Waals surface area contributed by atoms with E-state index in [9.17, 15) is 14.0 Å². The van der Waals surface area contributed by atoms with E-state index in [0.717, 1.165) is 17.2 Å². The molecule has 12 heteroatoms. The largest absolute Gasteiger partial charge is 0.496 e. The predicted octanol–water partition coefficient (Wildman–Crippen LogP) is 2.63. The van der Waals surface area contributed by atoms with Gasteiger partial charge in [0.1, 0.15) is 18.1 Å². The number of aromatic nitrogens is 5. The third-order valence-electron chi connectivity index (χ3n) is 5.94. The van der Waals surface area contributed by atoms with Gasteiger partial charge < -0.3 is 21.5 Å². The number of amides is 2. The second-order valence-electron chi connectivity index (χ2n) is 8.47. The molecule has 0 saturated heterocycles. The minimum atomic E-state index is -0.525. The smallest absolute Gasteiger partial charge is 0.255 e. The SMILES string of the molecule is COc1ccc(F)cc1C(=O)NCc1ccc(-c2ncc(-c3ccn(CC(N)=O)n3)c3[nH]nc(N)c23)cc1. The molecule has 0 saturated carbocycles. The van der Waals surface area contributed by atoms with Crippen LogP contribution in [0.2, 0.25) is 0 Å². The molecule has 192 valence electrons. The average Bonchev–Trinajstić information content (AvgIpc) is 3.53. The van der Waals surface area contributed by atoms with Crippen LogP contribution in [-0.2, 0) is 17.9 Å². The number of primary amides is 1. The Labute approximate surface area is 215 Å². The summed E-state index contributed by atoms with van der Waals surface area (Å²) in [5.74, 6) is -0.909. The number of benzene rings is 2. The topological polar surface area (TPSA) is 167 Å². The number of carbonyl (C=O) groups excluding carboxylic acids is 2. The van der Waals surface area contributed by atoms with Crippen LogP contribution in [0.3, 0.4) is 0 Å². The van der Waals surface area contributed by atoms with Crippen LogP contribution in [0.4, 0.5) is 10.2 Å². The van der Waals surface area contributed by atoms with Crippen LogP contribution in [0.25, 0.3) is 33.4 Å². The molecule has 2 amide bonds. The van der Waals surface area contributed by atoms with Gasteiger partial charge in [0.15, 0.2) is 5.82 Å². The zero-order valence-electron chi connectivity index (χ0n) is 20.2. The van der Waals surface area contributed by atoms with Crippen molar-refractivity contribution in [3.63, 3.8) is 0 Å². The van der Waals surface area contributed by atoms with E-state index in [1.54, 1.807) is 18.5 Å². The first-order valence-electron chi connectivity index (χ1n) is 11.5. The van der Waals surface area contributed by atoms with Crippen LogP contribution in [0.5, 0.6) is 5.75 Å². The molecule has 0 unspecified atom stereocenters. The van der Waals surface area contributed by atoms with Gasteiger partial charge in [0.05, 0.1) is 35.0 Å². The van der Waals surface area contributed by atoms with E-state index in [2.05, 4.69) is 25.6 Å². The first-order chi connectivity index (χ1) is 18.3. The molecule has 11 nitrogen and oxygen atoms in total. The molecule has 6 N–H and O–H groups in total. The van der Waals surface area contributed by atoms with E-state index < -0.39 is 17.6 Å².